The first-order valence-electron chi connectivity index (χ1n) is 8.24. The highest BCUT2D eigenvalue weighted by Gasteiger charge is 2.16. The molecule has 0 saturated carbocycles. The third kappa shape index (κ3) is 3.81. The molecule has 0 spiro atoms. The van der Waals surface area contributed by atoms with Crippen molar-refractivity contribution in [3.8, 4) is 0 Å². The SMILES string of the molecule is Cn1cc(C=CC(=O)NCCCn2nc3n(c2=O)CCCC3)cn1. The van der Waals surface area contributed by atoms with Crippen molar-refractivity contribution in [3.05, 3.63) is 40.3 Å². The lowest BCUT2D eigenvalue weighted by molar-refractivity contribution is -0.116. The van der Waals surface area contributed by atoms with E-state index in [4.69, 9.17) is 0 Å². The Morgan fingerprint density at radius 1 is 1.42 bits per heavy atom. The Balaban J connectivity index is 1.44. The van der Waals surface area contributed by atoms with Crippen LogP contribution in [0.4, 0.5) is 0 Å². The molecule has 8 nitrogen and oxygen atoms in total. The van der Waals surface area contributed by atoms with E-state index in [0.717, 1.165) is 37.2 Å². The largest absolute Gasteiger partial charge is 0.352 e. The third-order valence-corrected chi connectivity index (χ3v) is 4.03. The molecule has 0 unspecified atom stereocenters. The van der Waals surface area contributed by atoms with Crippen molar-refractivity contribution in [1.29, 1.82) is 0 Å². The minimum atomic E-state index is -0.157. The maximum atomic E-state index is 12.2. The van der Waals surface area contributed by atoms with Gasteiger partial charge in [-0.1, -0.05) is 0 Å². The van der Waals surface area contributed by atoms with Crippen molar-refractivity contribution in [2.75, 3.05) is 6.54 Å². The summed E-state index contributed by atoms with van der Waals surface area (Å²) >= 11 is 0. The van der Waals surface area contributed by atoms with Gasteiger partial charge in [-0.15, -0.1) is 0 Å². The van der Waals surface area contributed by atoms with Crippen LogP contribution in [0.1, 0.15) is 30.7 Å². The van der Waals surface area contributed by atoms with E-state index in [1.54, 1.807) is 21.5 Å². The summed E-state index contributed by atoms with van der Waals surface area (Å²) in [4.78, 5) is 23.9. The smallest absolute Gasteiger partial charge is 0.345 e. The van der Waals surface area contributed by atoms with Gasteiger partial charge in [0.05, 0.1) is 6.20 Å². The highest BCUT2D eigenvalue weighted by molar-refractivity contribution is 5.91. The minimum Gasteiger partial charge on any atom is -0.352 e. The van der Waals surface area contributed by atoms with Crippen LogP contribution in [0.25, 0.3) is 6.08 Å². The summed E-state index contributed by atoms with van der Waals surface area (Å²) < 4.78 is 4.96. The van der Waals surface area contributed by atoms with E-state index in [-0.39, 0.29) is 11.6 Å². The number of nitrogens with zero attached hydrogens (tertiary/aromatic N) is 5. The number of aryl methyl sites for hydroxylation is 3. The molecule has 128 valence electrons. The van der Waals surface area contributed by atoms with E-state index in [0.29, 0.717) is 19.5 Å². The fourth-order valence-corrected chi connectivity index (χ4v) is 2.79. The van der Waals surface area contributed by atoms with Crippen molar-refractivity contribution in [2.24, 2.45) is 7.05 Å². The first-order valence-corrected chi connectivity index (χ1v) is 8.24. The van der Waals surface area contributed by atoms with Crippen molar-refractivity contribution < 1.29 is 4.79 Å². The molecular formula is C16H22N6O2. The zero-order chi connectivity index (χ0) is 16.9. The van der Waals surface area contributed by atoms with Gasteiger partial charge in [-0.25, -0.2) is 9.48 Å². The second-order valence-corrected chi connectivity index (χ2v) is 5.96. The Labute approximate surface area is 139 Å². The molecule has 24 heavy (non-hydrogen) atoms. The number of hydrogen-bond acceptors (Lipinski definition) is 4. The summed E-state index contributed by atoms with van der Waals surface area (Å²) in [5.41, 5.74) is 0.843. The maximum Gasteiger partial charge on any atom is 0.345 e. The molecule has 0 atom stereocenters. The van der Waals surface area contributed by atoms with Gasteiger partial charge in [-0.05, 0) is 25.3 Å². The summed E-state index contributed by atoms with van der Waals surface area (Å²) in [5, 5.41) is 11.2. The van der Waals surface area contributed by atoms with E-state index in [2.05, 4.69) is 15.5 Å². The summed E-state index contributed by atoms with van der Waals surface area (Å²) in [6.07, 6.45) is 10.4. The van der Waals surface area contributed by atoms with Gasteiger partial charge in [0.25, 0.3) is 0 Å². The molecule has 0 radical (unpaired) electrons. The number of carbonyl (C=O) groups excluding carboxylic acids is 1. The van der Waals surface area contributed by atoms with Gasteiger partial charge >= 0.3 is 5.69 Å². The molecular weight excluding hydrogens is 308 g/mol. The Kier molecular flexibility index (Phi) is 4.93. The lowest BCUT2D eigenvalue weighted by atomic mass is 10.2. The summed E-state index contributed by atoms with van der Waals surface area (Å²) in [6.45, 7) is 1.79. The van der Waals surface area contributed by atoms with E-state index >= 15 is 0 Å². The van der Waals surface area contributed by atoms with Crippen LogP contribution in [-0.2, 0) is 31.4 Å². The van der Waals surface area contributed by atoms with E-state index < -0.39 is 0 Å². The van der Waals surface area contributed by atoms with Gasteiger partial charge in [0.2, 0.25) is 5.91 Å². The predicted octanol–water partition coefficient (Wildman–Crippen LogP) is 0.334. The van der Waals surface area contributed by atoms with Crippen LogP contribution in [0, 0.1) is 0 Å². The van der Waals surface area contributed by atoms with Crippen LogP contribution in [0.5, 0.6) is 0 Å². The van der Waals surface area contributed by atoms with Crippen LogP contribution in [0.15, 0.2) is 23.3 Å². The van der Waals surface area contributed by atoms with Crippen LogP contribution < -0.4 is 11.0 Å². The van der Waals surface area contributed by atoms with Crippen LogP contribution in [-0.4, -0.2) is 36.6 Å². The second kappa shape index (κ2) is 7.29. The molecule has 3 heterocycles. The highest BCUT2D eigenvalue weighted by Crippen LogP contribution is 2.09. The average Bonchev–Trinajstić information content (AvgIpc) is 3.14. The molecule has 1 N–H and O–H groups in total. The molecule has 0 aliphatic carbocycles. The van der Waals surface area contributed by atoms with Gasteiger partial charge in [0, 0.05) is 50.9 Å². The Hall–Kier alpha value is -2.64. The summed E-state index contributed by atoms with van der Waals surface area (Å²) in [5.74, 6) is 0.727. The van der Waals surface area contributed by atoms with Crippen LogP contribution in [0.2, 0.25) is 0 Å². The predicted molar refractivity (Wildman–Crippen MR) is 89.3 cm³/mol. The van der Waals surface area contributed by atoms with Crippen molar-refractivity contribution >= 4 is 12.0 Å². The van der Waals surface area contributed by atoms with Gasteiger partial charge < -0.3 is 5.32 Å². The first kappa shape index (κ1) is 16.2. The normalized spacial score (nSPS) is 14.0. The Bertz CT molecular complexity index is 798. The number of carbonyl (C=O) groups is 1. The number of amides is 1. The fraction of sp³-hybridized carbons (Fsp3) is 0.500. The number of aromatic nitrogens is 5. The monoisotopic (exact) mass is 330 g/mol. The topological polar surface area (TPSA) is 86.7 Å². The molecule has 2 aromatic rings. The molecule has 1 aliphatic heterocycles. The molecule has 0 saturated heterocycles. The molecule has 1 amide bonds. The molecule has 0 bridgehead atoms. The van der Waals surface area contributed by atoms with Gasteiger partial charge in [0.1, 0.15) is 5.82 Å². The summed E-state index contributed by atoms with van der Waals surface area (Å²) in [6, 6.07) is 0. The lowest BCUT2D eigenvalue weighted by Gasteiger charge is -2.09. The fourth-order valence-electron chi connectivity index (χ4n) is 2.79. The molecule has 8 heteroatoms. The quantitative estimate of drug-likeness (QED) is 0.611. The number of hydrogen-bond donors (Lipinski definition) is 1. The third-order valence-electron chi connectivity index (χ3n) is 4.03. The van der Waals surface area contributed by atoms with E-state index in [1.807, 2.05) is 13.2 Å². The highest BCUT2D eigenvalue weighted by atomic mass is 16.2. The molecule has 3 rings (SSSR count). The average molecular weight is 330 g/mol. The number of rotatable bonds is 6. The van der Waals surface area contributed by atoms with E-state index in [1.165, 1.54) is 10.8 Å². The van der Waals surface area contributed by atoms with Crippen molar-refractivity contribution in [3.63, 3.8) is 0 Å². The molecule has 0 fully saturated rings. The van der Waals surface area contributed by atoms with Crippen molar-refractivity contribution in [2.45, 2.75) is 38.8 Å². The summed E-state index contributed by atoms with van der Waals surface area (Å²) in [7, 11) is 1.83. The van der Waals surface area contributed by atoms with Gasteiger partial charge in [-0.2, -0.15) is 10.2 Å². The van der Waals surface area contributed by atoms with Gasteiger partial charge in [0.15, 0.2) is 0 Å². The Morgan fingerprint density at radius 3 is 3.04 bits per heavy atom. The molecule has 1 aliphatic rings. The zero-order valence-corrected chi connectivity index (χ0v) is 13.8. The van der Waals surface area contributed by atoms with Crippen molar-refractivity contribution in [1.82, 2.24) is 29.4 Å². The lowest BCUT2D eigenvalue weighted by Crippen LogP contribution is -2.28. The number of fused-ring (bicyclic) bond motifs is 1. The molecule has 2 aromatic heterocycles. The van der Waals surface area contributed by atoms with E-state index in [9.17, 15) is 9.59 Å². The second-order valence-electron chi connectivity index (χ2n) is 5.96. The van der Waals surface area contributed by atoms with Crippen LogP contribution >= 0.6 is 0 Å². The minimum absolute atomic E-state index is 0.0347. The molecule has 0 aromatic carbocycles. The number of nitrogens with one attached hydrogen (secondary N) is 1. The standard InChI is InChI=1S/C16H22N6O2/c1-20-12-13(11-18-20)6-7-15(23)17-8-4-10-22-16(24)21-9-3-2-5-14(21)19-22/h6-7,11-12H,2-5,8-10H2,1H3,(H,17,23). The zero-order valence-electron chi connectivity index (χ0n) is 13.8. The first-order chi connectivity index (χ1) is 11.6. The maximum absolute atomic E-state index is 12.2. The van der Waals surface area contributed by atoms with Gasteiger partial charge in [-0.3, -0.25) is 14.0 Å². The van der Waals surface area contributed by atoms with Crippen LogP contribution in [0.3, 0.4) is 0 Å². The Morgan fingerprint density at radius 2 is 2.29 bits per heavy atom.